The first-order valence-corrected chi connectivity index (χ1v) is 5.48. The van der Waals surface area contributed by atoms with Gasteiger partial charge in [0.1, 0.15) is 5.82 Å². The van der Waals surface area contributed by atoms with Gasteiger partial charge in [0.15, 0.2) is 0 Å². The minimum atomic E-state index is -1.15. The maximum Gasteiger partial charge on any atom is 0.337 e. The molecule has 0 saturated heterocycles. The Balaban J connectivity index is 2.21. The topological polar surface area (TPSA) is 49.3 Å². The number of carboxylic acid groups (broad SMARTS) is 1. The summed E-state index contributed by atoms with van der Waals surface area (Å²) in [4.78, 5) is 11.0. The van der Waals surface area contributed by atoms with Crippen molar-refractivity contribution in [1.82, 2.24) is 0 Å². The lowest BCUT2D eigenvalue weighted by atomic mass is 10.1. The Hall–Kier alpha value is -2.36. The summed E-state index contributed by atoms with van der Waals surface area (Å²) < 4.78 is 13.6. The minimum absolute atomic E-state index is 0.0221. The molecular weight excluding hydrogens is 233 g/mol. The first-order chi connectivity index (χ1) is 8.68. The van der Waals surface area contributed by atoms with Gasteiger partial charge in [-0.15, -0.1) is 0 Å². The van der Waals surface area contributed by atoms with Crippen molar-refractivity contribution in [1.29, 1.82) is 0 Å². The quantitative estimate of drug-likeness (QED) is 0.870. The molecule has 4 heteroatoms. The van der Waals surface area contributed by atoms with Gasteiger partial charge in [-0.05, 0) is 17.7 Å². The molecule has 0 heterocycles. The van der Waals surface area contributed by atoms with Crippen LogP contribution in [-0.4, -0.2) is 11.1 Å². The van der Waals surface area contributed by atoms with Crippen molar-refractivity contribution in [2.75, 3.05) is 5.32 Å². The molecule has 0 amide bonds. The molecule has 92 valence electrons. The Labute approximate surface area is 104 Å². The van der Waals surface area contributed by atoms with Gasteiger partial charge < -0.3 is 10.4 Å². The van der Waals surface area contributed by atoms with Crippen molar-refractivity contribution in [2.24, 2.45) is 0 Å². The summed E-state index contributed by atoms with van der Waals surface area (Å²) in [6.07, 6.45) is 0. The summed E-state index contributed by atoms with van der Waals surface area (Å²) >= 11 is 0. The van der Waals surface area contributed by atoms with Crippen LogP contribution in [0.15, 0.2) is 48.5 Å². The van der Waals surface area contributed by atoms with Gasteiger partial charge in [-0.3, -0.25) is 0 Å². The average molecular weight is 245 g/mol. The number of carboxylic acids is 1. The highest BCUT2D eigenvalue weighted by molar-refractivity contribution is 5.94. The Morgan fingerprint density at radius 1 is 1.11 bits per heavy atom. The lowest BCUT2D eigenvalue weighted by Gasteiger charge is -2.10. The molecule has 0 aliphatic heterocycles. The van der Waals surface area contributed by atoms with Gasteiger partial charge in [0.2, 0.25) is 0 Å². The summed E-state index contributed by atoms with van der Waals surface area (Å²) in [5, 5.41) is 11.8. The van der Waals surface area contributed by atoms with Crippen molar-refractivity contribution < 1.29 is 14.3 Å². The summed E-state index contributed by atoms with van der Waals surface area (Å²) in [5.41, 5.74) is 0.914. The van der Waals surface area contributed by atoms with Crippen molar-refractivity contribution in [2.45, 2.75) is 6.54 Å². The maximum absolute atomic E-state index is 13.6. The lowest BCUT2D eigenvalue weighted by Crippen LogP contribution is -2.08. The van der Waals surface area contributed by atoms with Crippen LogP contribution in [0.4, 0.5) is 10.1 Å². The molecular formula is C14H12FNO2. The molecule has 2 rings (SSSR count). The summed E-state index contributed by atoms with van der Waals surface area (Å²) in [6.45, 7) is 0.377. The SMILES string of the molecule is O=C(O)c1cccc(F)c1NCc1ccccc1. The number of aromatic carboxylic acids is 1. The molecule has 0 aromatic heterocycles. The molecule has 0 saturated carbocycles. The Morgan fingerprint density at radius 3 is 2.50 bits per heavy atom. The maximum atomic E-state index is 13.6. The molecule has 18 heavy (non-hydrogen) atoms. The van der Waals surface area contributed by atoms with Crippen LogP contribution in [0, 0.1) is 5.82 Å². The van der Waals surface area contributed by atoms with Crippen LogP contribution < -0.4 is 5.32 Å². The van der Waals surface area contributed by atoms with E-state index in [1.54, 1.807) is 0 Å². The van der Waals surface area contributed by atoms with Crippen LogP contribution in [0.2, 0.25) is 0 Å². The molecule has 0 bridgehead atoms. The number of halogens is 1. The van der Waals surface area contributed by atoms with Crippen LogP contribution in [0.1, 0.15) is 15.9 Å². The fraction of sp³-hybridized carbons (Fsp3) is 0.0714. The number of hydrogen-bond donors (Lipinski definition) is 2. The molecule has 0 spiro atoms. The molecule has 2 aromatic rings. The molecule has 0 fully saturated rings. The van der Waals surface area contributed by atoms with E-state index >= 15 is 0 Å². The normalized spacial score (nSPS) is 10.1. The number of anilines is 1. The summed E-state index contributed by atoms with van der Waals surface area (Å²) in [6, 6.07) is 13.4. The van der Waals surface area contributed by atoms with Crippen LogP contribution >= 0.6 is 0 Å². The number of para-hydroxylation sites is 1. The highest BCUT2D eigenvalue weighted by atomic mass is 19.1. The first-order valence-electron chi connectivity index (χ1n) is 5.48. The van der Waals surface area contributed by atoms with Crippen molar-refractivity contribution in [3.63, 3.8) is 0 Å². The number of nitrogens with one attached hydrogen (secondary N) is 1. The molecule has 2 N–H and O–H groups in total. The number of hydrogen-bond acceptors (Lipinski definition) is 2. The van der Waals surface area contributed by atoms with Crippen molar-refractivity contribution >= 4 is 11.7 Å². The predicted molar refractivity (Wildman–Crippen MR) is 67.1 cm³/mol. The monoisotopic (exact) mass is 245 g/mol. The highest BCUT2D eigenvalue weighted by Crippen LogP contribution is 2.20. The molecule has 3 nitrogen and oxygen atoms in total. The fourth-order valence-electron chi connectivity index (χ4n) is 1.67. The van der Waals surface area contributed by atoms with Crippen LogP contribution in [0.3, 0.4) is 0 Å². The zero-order chi connectivity index (χ0) is 13.0. The van der Waals surface area contributed by atoms with E-state index in [0.717, 1.165) is 5.56 Å². The minimum Gasteiger partial charge on any atom is -0.478 e. The van der Waals surface area contributed by atoms with Gasteiger partial charge >= 0.3 is 5.97 Å². The van der Waals surface area contributed by atoms with E-state index in [2.05, 4.69) is 5.32 Å². The third-order valence-electron chi connectivity index (χ3n) is 2.56. The smallest absolute Gasteiger partial charge is 0.337 e. The van der Waals surface area contributed by atoms with E-state index in [1.165, 1.54) is 18.2 Å². The zero-order valence-corrected chi connectivity index (χ0v) is 9.56. The van der Waals surface area contributed by atoms with Gasteiger partial charge in [0.25, 0.3) is 0 Å². The van der Waals surface area contributed by atoms with Crippen LogP contribution in [0.5, 0.6) is 0 Å². The van der Waals surface area contributed by atoms with E-state index in [1.807, 2.05) is 30.3 Å². The van der Waals surface area contributed by atoms with E-state index in [0.29, 0.717) is 6.54 Å². The van der Waals surface area contributed by atoms with Crippen molar-refractivity contribution in [3.05, 3.63) is 65.5 Å². The van der Waals surface area contributed by atoms with Gasteiger partial charge in [0, 0.05) is 6.54 Å². The van der Waals surface area contributed by atoms with Gasteiger partial charge in [-0.25, -0.2) is 9.18 Å². The number of carbonyl (C=O) groups is 1. The van der Waals surface area contributed by atoms with Crippen LogP contribution in [0.25, 0.3) is 0 Å². The van der Waals surface area contributed by atoms with E-state index in [4.69, 9.17) is 5.11 Å². The van der Waals surface area contributed by atoms with Gasteiger partial charge in [-0.2, -0.15) is 0 Å². The van der Waals surface area contributed by atoms with E-state index in [9.17, 15) is 9.18 Å². The Bertz CT molecular complexity index is 555. The Kier molecular flexibility index (Phi) is 3.57. The zero-order valence-electron chi connectivity index (χ0n) is 9.56. The Morgan fingerprint density at radius 2 is 1.83 bits per heavy atom. The highest BCUT2D eigenvalue weighted by Gasteiger charge is 2.13. The molecule has 0 radical (unpaired) electrons. The molecule has 0 aliphatic carbocycles. The third kappa shape index (κ3) is 2.66. The van der Waals surface area contributed by atoms with Gasteiger partial charge in [0.05, 0.1) is 11.3 Å². The second-order valence-corrected chi connectivity index (χ2v) is 3.81. The number of benzene rings is 2. The molecule has 0 aliphatic rings. The number of rotatable bonds is 4. The van der Waals surface area contributed by atoms with Crippen molar-refractivity contribution in [3.8, 4) is 0 Å². The van der Waals surface area contributed by atoms with Gasteiger partial charge in [-0.1, -0.05) is 36.4 Å². The molecule has 0 unspecified atom stereocenters. The first kappa shape index (κ1) is 12.1. The predicted octanol–water partition coefficient (Wildman–Crippen LogP) is 3.14. The van der Waals surface area contributed by atoms with E-state index in [-0.39, 0.29) is 11.3 Å². The average Bonchev–Trinajstić information content (AvgIpc) is 2.38. The molecule has 2 aromatic carbocycles. The standard InChI is InChI=1S/C14H12FNO2/c15-12-8-4-7-11(14(17)18)13(12)16-9-10-5-2-1-3-6-10/h1-8,16H,9H2,(H,17,18). The largest absolute Gasteiger partial charge is 0.478 e. The fourth-order valence-corrected chi connectivity index (χ4v) is 1.67. The third-order valence-corrected chi connectivity index (χ3v) is 2.56. The summed E-state index contributed by atoms with van der Waals surface area (Å²) in [5.74, 6) is -1.71. The molecule has 0 atom stereocenters. The van der Waals surface area contributed by atoms with E-state index < -0.39 is 11.8 Å². The second-order valence-electron chi connectivity index (χ2n) is 3.81. The second kappa shape index (κ2) is 5.31. The van der Waals surface area contributed by atoms with Crippen LogP contribution in [-0.2, 0) is 6.54 Å². The summed E-state index contributed by atoms with van der Waals surface area (Å²) in [7, 11) is 0. The lowest BCUT2D eigenvalue weighted by molar-refractivity contribution is 0.0697.